The van der Waals surface area contributed by atoms with Crippen LogP contribution in [0.15, 0.2) is 54.2 Å². The van der Waals surface area contributed by atoms with Crippen LogP contribution in [0.4, 0.5) is 9.18 Å². The molecule has 0 fully saturated rings. The second kappa shape index (κ2) is 10.0. The second-order valence-electron chi connectivity index (χ2n) is 7.32. The van der Waals surface area contributed by atoms with Crippen molar-refractivity contribution in [1.29, 1.82) is 0 Å². The molecule has 9 heteroatoms. The van der Waals surface area contributed by atoms with E-state index in [2.05, 4.69) is 10.6 Å². The highest BCUT2D eigenvalue weighted by molar-refractivity contribution is 6.31. The fraction of sp³-hybridized carbons (Fsp3) is 0.273. The fourth-order valence-electron chi connectivity index (χ4n) is 3.07. The Morgan fingerprint density at radius 1 is 1.19 bits per heavy atom. The zero-order chi connectivity index (χ0) is 22.4. The van der Waals surface area contributed by atoms with E-state index in [0.717, 1.165) is 11.6 Å². The molecule has 0 heterocycles. The van der Waals surface area contributed by atoms with Crippen LogP contribution in [-0.2, 0) is 16.0 Å². The maximum Gasteiger partial charge on any atom is 0.407 e. The van der Waals surface area contributed by atoms with Crippen molar-refractivity contribution in [1.82, 2.24) is 10.6 Å². The van der Waals surface area contributed by atoms with E-state index in [1.54, 1.807) is 12.1 Å². The van der Waals surface area contributed by atoms with Crippen molar-refractivity contribution in [3.8, 4) is 5.75 Å². The summed E-state index contributed by atoms with van der Waals surface area (Å²) in [5.74, 6) is -0.818. The Balaban J connectivity index is 1.37. The first-order chi connectivity index (χ1) is 14.7. The normalized spacial score (nSPS) is 17.2. The van der Waals surface area contributed by atoms with Crippen molar-refractivity contribution in [2.24, 2.45) is 0 Å². The molecule has 2 N–H and O–H groups in total. The Morgan fingerprint density at radius 2 is 1.97 bits per heavy atom. The summed E-state index contributed by atoms with van der Waals surface area (Å²) in [6, 6.07) is 11.3. The van der Waals surface area contributed by atoms with E-state index in [-0.39, 0.29) is 24.0 Å². The quantitative estimate of drug-likeness (QED) is 0.593. The van der Waals surface area contributed by atoms with Gasteiger partial charge < -0.3 is 20.1 Å². The van der Waals surface area contributed by atoms with Gasteiger partial charge in [0.05, 0.1) is 17.2 Å². The summed E-state index contributed by atoms with van der Waals surface area (Å²) in [6.07, 6.45) is 2.17. The summed E-state index contributed by atoms with van der Waals surface area (Å²) < 4.78 is 23.8. The third-order valence-electron chi connectivity index (χ3n) is 4.51. The molecule has 164 valence electrons. The molecule has 31 heavy (non-hydrogen) atoms. The van der Waals surface area contributed by atoms with Crippen molar-refractivity contribution in [2.45, 2.75) is 25.3 Å². The molecule has 1 unspecified atom stereocenters. The smallest absolute Gasteiger partial charge is 0.407 e. The highest BCUT2D eigenvalue weighted by Crippen LogP contribution is 2.28. The number of nitrogens with one attached hydrogen (secondary N) is 2. The standard InChI is InChI=1S/C22H21Cl2FN2O4/c1-22(27-21(29)30-8-7-14-3-2-4-15(23)9-14)11-16(12-22)26-20(28)13-31-17-5-6-18(24)19(25)10-17/h2-6,9-11H,7-8,12-13H2,1H3,(H,26,28)(H,27,29). The van der Waals surface area contributed by atoms with Crippen LogP contribution in [0.2, 0.25) is 10.0 Å². The largest absolute Gasteiger partial charge is 0.484 e. The lowest BCUT2D eigenvalue weighted by Gasteiger charge is -2.36. The molecule has 1 aliphatic rings. The molecule has 0 bridgehead atoms. The molecular formula is C22H21Cl2FN2O4. The lowest BCUT2D eigenvalue weighted by Crippen LogP contribution is -2.52. The van der Waals surface area contributed by atoms with E-state index in [4.69, 9.17) is 32.7 Å². The molecule has 0 aliphatic heterocycles. The fourth-order valence-corrected chi connectivity index (χ4v) is 3.40. The molecule has 3 rings (SSSR count). The average Bonchev–Trinajstić information content (AvgIpc) is 2.68. The van der Waals surface area contributed by atoms with E-state index in [9.17, 15) is 14.0 Å². The molecule has 6 nitrogen and oxygen atoms in total. The number of carbonyl (C=O) groups excluding carboxylic acids is 2. The van der Waals surface area contributed by atoms with Crippen LogP contribution in [0.1, 0.15) is 18.9 Å². The minimum absolute atomic E-state index is 0.0220. The Bertz CT molecular complexity index is 1010. The van der Waals surface area contributed by atoms with Crippen LogP contribution >= 0.6 is 23.2 Å². The molecule has 1 atom stereocenters. The third kappa shape index (κ3) is 6.87. The van der Waals surface area contributed by atoms with Gasteiger partial charge in [-0.25, -0.2) is 9.18 Å². The van der Waals surface area contributed by atoms with E-state index in [0.29, 0.717) is 23.6 Å². The molecule has 2 amide bonds. The number of rotatable bonds is 8. The van der Waals surface area contributed by atoms with Crippen molar-refractivity contribution in [2.75, 3.05) is 13.2 Å². The van der Waals surface area contributed by atoms with Gasteiger partial charge in [-0.2, -0.15) is 0 Å². The zero-order valence-electron chi connectivity index (χ0n) is 16.7. The third-order valence-corrected chi connectivity index (χ3v) is 5.05. The van der Waals surface area contributed by atoms with Crippen LogP contribution in [0, 0.1) is 5.82 Å². The van der Waals surface area contributed by atoms with Gasteiger partial charge in [0.25, 0.3) is 5.91 Å². The Labute approximate surface area is 189 Å². The maximum atomic E-state index is 13.4. The van der Waals surface area contributed by atoms with Crippen molar-refractivity contribution >= 4 is 35.2 Å². The van der Waals surface area contributed by atoms with Crippen LogP contribution < -0.4 is 15.4 Å². The van der Waals surface area contributed by atoms with Gasteiger partial charge in [-0.3, -0.25) is 4.79 Å². The summed E-state index contributed by atoms with van der Waals surface area (Å²) in [4.78, 5) is 24.0. The monoisotopic (exact) mass is 466 g/mol. The lowest BCUT2D eigenvalue weighted by molar-refractivity contribution is -0.122. The summed E-state index contributed by atoms with van der Waals surface area (Å²) in [5, 5.41) is 6.06. The van der Waals surface area contributed by atoms with Gasteiger partial charge in [0, 0.05) is 29.6 Å². The number of hydrogen-bond acceptors (Lipinski definition) is 4. The molecular weight excluding hydrogens is 446 g/mol. The van der Waals surface area contributed by atoms with E-state index in [1.807, 2.05) is 25.1 Å². The summed E-state index contributed by atoms with van der Waals surface area (Å²) in [5.41, 5.74) is 1.01. The second-order valence-corrected chi connectivity index (χ2v) is 8.16. The lowest BCUT2D eigenvalue weighted by atomic mass is 9.84. The molecule has 0 saturated carbocycles. The summed E-state index contributed by atoms with van der Waals surface area (Å²) in [6.45, 7) is 1.75. The first-order valence-electron chi connectivity index (χ1n) is 9.51. The molecule has 2 aromatic rings. The number of amides is 2. The Kier molecular flexibility index (Phi) is 7.41. The van der Waals surface area contributed by atoms with Gasteiger partial charge >= 0.3 is 6.09 Å². The topological polar surface area (TPSA) is 76.7 Å². The van der Waals surface area contributed by atoms with Crippen LogP contribution in [-0.4, -0.2) is 30.8 Å². The number of hydrogen-bond donors (Lipinski definition) is 2. The summed E-state index contributed by atoms with van der Waals surface area (Å²) in [7, 11) is 0. The number of halogens is 3. The molecule has 2 aromatic carbocycles. The van der Waals surface area contributed by atoms with Crippen LogP contribution in [0.25, 0.3) is 0 Å². The minimum atomic E-state index is -0.623. The first-order valence-corrected chi connectivity index (χ1v) is 10.3. The first kappa shape index (κ1) is 22.9. The van der Waals surface area contributed by atoms with Crippen LogP contribution in [0.3, 0.4) is 0 Å². The van der Waals surface area contributed by atoms with Gasteiger partial charge in [0.1, 0.15) is 11.6 Å². The van der Waals surface area contributed by atoms with Gasteiger partial charge in [0.15, 0.2) is 6.61 Å². The number of benzene rings is 2. The molecule has 0 aromatic heterocycles. The number of carbonyl (C=O) groups is 2. The van der Waals surface area contributed by atoms with E-state index in [1.165, 1.54) is 12.1 Å². The molecule has 0 saturated heterocycles. The van der Waals surface area contributed by atoms with Gasteiger partial charge in [0.2, 0.25) is 0 Å². The molecule has 0 radical (unpaired) electrons. The van der Waals surface area contributed by atoms with Crippen molar-refractivity contribution in [3.05, 3.63) is 75.7 Å². The number of alkyl carbamates (subject to hydrolysis) is 1. The predicted molar refractivity (Wildman–Crippen MR) is 116 cm³/mol. The van der Waals surface area contributed by atoms with Gasteiger partial charge in [-0.05, 0) is 42.8 Å². The minimum Gasteiger partial charge on any atom is -0.484 e. The Morgan fingerprint density at radius 3 is 2.68 bits per heavy atom. The highest BCUT2D eigenvalue weighted by Gasteiger charge is 2.34. The van der Waals surface area contributed by atoms with Crippen molar-refractivity contribution in [3.63, 3.8) is 0 Å². The van der Waals surface area contributed by atoms with Crippen LogP contribution in [0.5, 0.6) is 5.75 Å². The predicted octanol–water partition coefficient (Wildman–Crippen LogP) is 4.64. The maximum absolute atomic E-state index is 13.4. The van der Waals surface area contributed by atoms with Gasteiger partial charge in [-0.1, -0.05) is 35.3 Å². The molecule has 0 spiro atoms. The van der Waals surface area contributed by atoms with E-state index < -0.39 is 23.4 Å². The van der Waals surface area contributed by atoms with Gasteiger partial charge in [-0.15, -0.1) is 0 Å². The number of ether oxygens (including phenoxy) is 2. The average molecular weight is 467 g/mol. The van der Waals surface area contributed by atoms with E-state index >= 15 is 0 Å². The summed E-state index contributed by atoms with van der Waals surface area (Å²) >= 11 is 11.5. The zero-order valence-corrected chi connectivity index (χ0v) is 18.2. The van der Waals surface area contributed by atoms with Crippen molar-refractivity contribution < 1.29 is 23.5 Å². The highest BCUT2D eigenvalue weighted by atomic mass is 35.5. The Hall–Kier alpha value is -2.77. The SMILES string of the molecule is CC1(NC(=O)OCCc2cccc(Cl)c2)C=C(NC(=O)COc2ccc(Cl)c(F)c2)C1. The molecule has 1 aliphatic carbocycles.